The van der Waals surface area contributed by atoms with Crippen molar-refractivity contribution in [3.05, 3.63) is 54.0 Å². The Morgan fingerprint density at radius 3 is 2.77 bits per heavy atom. The lowest BCUT2D eigenvalue weighted by Gasteiger charge is -2.11. The minimum atomic E-state index is -0.711. The first-order chi connectivity index (χ1) is 15.0. The van der Waals surface area contributed by atoms with Crippen LogP contribution in [-0.2, 0) is 11.3 Å². The minimum absolute atomic E-state index is 0.00384. The fourth-order valence-electron chi connectivity index (χ4n) is 2.88. The number of benzene rings is 1. The van der Waals surface area contributed by atoms with Crippen molar-refractivity contribution in [3.63, 3.8) is 0 Å². The second-order valence-corrected chi connectivity index (χ2v) is 6.75. The van der Waals surface area contributed by atoms with Crippen LogP contribution >= 0.6 is 0 Å². The van der Waals surface area contributed by atoms with Crippen LogP contribution < -0.4 is 10.6 Å². The van der Waals surface area contributed by atoms with Crippen LogP contribution in [0.3, 0.4) is 0 Å². The summed E-state index contributed by atoms with van der Waals surface area (Å²) in [7, 11) is 1.47. The molecule has 0 aliphatic rings. The first-order valence-corrected chi connectivity index (χ1v) is 9.58. The van der Waals surface area contributed by atoms with Crippen LogP contribution in [-0.4, -0.2) is 57.1 Å². The number of aromatic nitrogens is 4. The zero-order valence-corrected chi connectivity index (χ0v) is 17.2. The van der Waals surface area contributed by atoms with E-state index in [1.54, 1.807) is 47.5 Å². The quantitative estimate of drug-likeness (QED) is 0.474. The molecule has 0 unspecified atom stereocenters. The number of nitrogens with one attached hydrogen (secondary N) is 2. The molecule has 1 amide bonds. The fraction of sp³-hybridized carbons (Fsp3) is 0.286. The summed E-state index contributed by atoms with van der Waals surface area (Å²) in [6.07, 6.45) is 5.10. The number of hydrogen-bond acceptors (Lipinski definition) is 8. The second kappa shape index (κ2) is 10.3. The topological polar surface area (TPSA) is 138 Å². The Labute approximate surface area is 179 Å². The van der Waals surface area contributed by atoms with Gasteiger partial charge in [0.05, 0.1) is 43.4 Å². The van der Waals surface area contributed by atoms with E-state index in [0.29, 0.717) is 23.7 Å². The van der Waals surface area contributed by atoms with Crippen LogP contribution in [0.15, 0.2) is 42.9 Å². The molecule has 10 nitrogen and oxygen atoms in total. The van der Waals surface area contributed by atoms with E-state index in [2.05, 4.69) is 25.7 Å². The number of nitriles is 1. The van der Waals surface area contributed by atoms with Gasteiger partial charge in [0.15, 0.2) is 0 Å². The normalized spacial score (nSPS) is 11.5. The maximum Gasteiger partial charge on any atom is 0.252 e. The van der Waals surface area contributed by atoms with Crippen molar-refractivity contribution in [3.8, 4) is 17.3 Å². The van der Waals surface area contributed by atoms with E-state index in [1.807, 2.05) is 13.0 Å². The lowest BCUT2D eigenvalue weighted by atomic mass is 10.1. The molecule has 160 valence electrons. The molecule has 1 atom stereocenters. The molecule has 0 saturated carbocycles. The monoisotopic (exact) mass is 421 g/mol. The fourth-order valence-corrected chi connectivity index (χ4v) is 2.88. The number of rotatable bonds is 9. The Morgan fingerprint density at radius 1 is 1.32 bits per heavy atom. The van der Waals surface area contributed by atoms with Gasteiger partial charge in [-0.2, -0.15) is 10.4 Å². The van der Waals surface area contributed by atoms with E-state index in [1.165, 1.54) is 7.11 Å². The highest BCUT2D eigenvalue weighted by atomic mass is 16.5. The predicted octanol–water partition coefficient (Wildman–Crippen LogP) is 1.65. The van der Waals surface area contributed by atoms with Gasteiger partial charge in [0.25, 0.3) is 5.91 Å². The van der Waals surface area contributed by atoms with Crippen LogP contribution in [0, 0.1) is 18.3 Å². The van der Waals surface area contributed by atoms with Crippen molar-refractivity contribution in [2.24, 2.45) is 0 Å². The molecule has 2 heterocycles. The number of carbonyl (C=O) groups is 1. The van der Waals surface area contributed by atoms with E-state index in [-0.39, 0.29) is 19.1 Å². The average molecular weight is 421 g/mol. The van der Waals surface area contributed by atoms with Gasteiger partial charge in [0.1, 0.15) is 6.04 Å². The van der Waals surface area contributed by atoms with Crippen molar-refractivity contribution in [1.29, 1.82) is 5.26 Å². The first kappa shape index (κ1) is 21.9. The zero-order chi connectivity index (χ0) is 22.2. The van der Waals surface area contributed by atoms with Gasteiger partial charge in [-0.25, -0.2) is 9.97 Å². The summed E-state index contributed by atoms with van der Waals surface area (Å²) in [5.74, 6) is 0.0548. The molecule has 3 rings (SSSR count). The number of ether oxygens (including phenoxy) is 1. The third kappa shape index (κ3) is 5.63. The van der Waals surface area contributed by atoms with E-state index in [9.17, 15) is 4.79 Å². The Morgan fingerprint density at radius 2 is 2.10 bits per heavy atom. The molecule has 0 aliphatic carbocycles. The molecule has 0 saturated heterocycles. The SMILES string of the molecule is COC[C@@H](C#N)NC(=O)c1ccc(-c2nc(Nc3cnn(CCO)c3)ncc2C)cc1. The van der Waals surface area contributed by atoms with E-state index >= 15 is 0 Å². The molecule has 31 heavy (non-hydrogen) atoms. The Hall–Kier alpha value is -3.81. The van der Waals surface area contributed by atoms with Crippen LogP contribution in [0.4, 0.5) is 11.6 Å². The van der Waals surface area contributed by atoms with Gasteiger partial charge >= 0.3 is 0 Å². The molecule has 10 heteroatoms. The standard InChI is InChI=1S/C21H23N7O3/c1-14-10-23-21(26-18-11-24-28(12-18)7-8-29)27-19(14)15-3-5-16(6-4-15)20(30)25-17(9-22)13-31-2/h3-6,10-12,17,29H,7-8,13H2,1-2H3,(H,25,30)(H,23,26,27)/t17-/m1/s1. The van der Waals surface area contributed by atoms with Gasteiger partial charge in [0, 0.05) is 30.6 Å². The van der Waals surface area contributed by atoms with Gasteiger partial charge in [-0.05, 0) is 24.6 Å². The van der Waals surface area contributed by atoms with E-state index in [4.69, 9.17) is 15.1 Å². The Kier molecular flexibility index (Phi) is 7.26. The number of anilines is 2. The number of carbonyl (C=O) groups excluding carboxylic acids is 1. The van der Waals surface area contributed by atoms with Gasteiger partial charge in [-0.1, -0.05) is 12.1 Å². The molecule has 0 spiro atoms. The van der Waals surface area contributed by atoms with E-state index in [0.717, 1.165) is 16.8 Å². The van der Waals surface area contributed by atoms with Gasteiger partial charge in [-0.15, -0.1) is 0 Å². The lowest BCUT2D eigenvalue weighted by molar-refractivity contribution is 0.0918. The smallest absolute Gasteiger partial charge is 0.252 e. The second-order valence-electron chi connectivity index (χ2n) is 6.75. The van der Waals surface area contributed by atoms with E-state index < -0.39 is 6.04 Å². The zero-order valence-electron chi connectivity index (χ0n) is 17.2. The highest BCUT2D eigenvalue weighted by Gasteiger charge is 2.14. The summed E-state index contributed by atoms with van der Waals surface area (Å²) in [6.45, 7) is 2.43. The van der Waals surface area contributed by atoms with Crippen molar-refractivity contribution < 1.29 is 14.6 Å². The highest BCUT2D eigenvalue weighted by molar-refractivity contribution is 5.95. The summed E-state index contributed by atoms with van der Waals surface area (Å²) < 4.78 is 6.53. The molecule has 0 radical (unpaired) electrons. The molecular weight excluding hydrogens is 398 g/mol. The average Bonchev–Trinajstić information content (AvgIpc) is 3.22. The number of aliphatic hydroxyl groups is 1. The maximum atomic E-state index is 12.3. The van der Waals surface area contributed by atoms with Gasteiger partial charge in [-0.3, -0.25) is 9.48 Å². The molecule has 0 aliphatic heterocycles. The number of methoxy groups -OCH3 is 1. The number of aliphatic hydroxyl groups excluding tert-OH is 1. The Bertz CT molecular complexity index is 1070. The molecule has 3 N–H and O–H groups in total. The van der Waals surface area contributed by atoms with Crippen LogP contribution in [0.5, 0.6) is 0 Å². The molecule has 3 aromatic rings. The molecule has 2 aromatic heterocycles. The lowest BCUT2D eigenvalue weighted by Crippen LogP contribution is -2.36. The third-order valence-electron chi connectivity index (χ3n) is 4.41. The minimum Gasteiger partial charge on any atom is -0.394 e. The summed E-state index contributed by atoms with van der Waals surface area (Å²) in [6, 6.07) is 8.23. The molecule has 0 bridgehead atoms. The van der Waals surface area contributed by atoms with Crippen LogP contribution in [0.2, 0.25) is 0 Å². The Balaban J connectivity index is 1.75. The largest absolute Gasteiger partial charge is 0.394 e. The maximum absolute atomic E-state index is 12.3. The van der Waals surface area contributed by atoms with Crippen molar-refractivity contribution in [2.45, 2.75) is 19.5 Å². The van der Waals surface area contributed by atoms with Crippen LogP contribution in [0.1, 0.15) is 15.9 Å². The summed E-state index contributed by atoms with van der Waals surface area (Å²) >= 11 is 0. The van der Waals surface area contributed by atoms with Crippen molar-refractivity contribution in [2.75, 3.05) is 25.6 Å². The first-order valence-electron chi connectivity index (χ1n) is 9.58. The predicted molar refractivity (Wildman–Crippen MR) is 114 cm³/mol. The number of amides is 1. The summed E-state index contributed by atoms with van der Waals surface area (Å²) in [5, 5.41) is 27.9. The van der Waals surface area contributed by atoms with Gasteiger partial charge in [0.2, 0.25) is 5.95 Å². The van der Waals surface area contributed by atoms with Crippen molar-refractivity contribution in [1.82, 2.24) is 25.1 Å². The number of aryl methyl sites for hydroxylation is 1. The van der Waals surface area contributed by atoms with Crippen molar-refractivity contribution >= 4 is 17.5 Å². The number of nitrogens with zero attached hydrogens (tertiary/aromatic N) is 5. The van der Waals surface area contributed by atoms with Crippen LogP contribution in [0.25, 0.3) is 11.3 Å². The highest BCUT2D eigenvalue weighted by Crippen LogP contribution is 2.23. The van der Waals surface area contributed by atoms with Gasteiger partial charge < -0.3 is 20.5 Å². The molecule has 1 aromatic carbocycles. The molecular formula is C21H23N7O3. The third-order valence-corrected chi connectivity index (χ3v) is 4.41. The summed E-state index contributed by atoms with van der Waals surface area (Å²) in [4.78, 5) is 21.2. The summed E-state index contributed by atoms with van der Waals surface area (Å²) in [5.41, 5.74) is 3.56. The molecule has 0 fully saturated rings. The number of hydrogen-bond donors (Lipinski definition) is 3.